The number of rotatable bonds is 3. The molecule has 4 aromatic carbocycles. The molecule has 150 valence electrons. The maximum atomic E-state index is 13.4. The number of hydrogen-bond acceptors (Lipinski definition) is 3. The Labute approximate surface area is 183 Å². The van der Waals surface area contributed by atoms with Crippen molar-refractivity contribution in [3.8, 4) is 11.4 Å². The zero-order chi connectivity index (χ0) is 21.4. The van der Waals surface area contributed by atoms with Crippen molar-refractivity contribution < 1.29 is 5.11 Å². The quantitative estimate of drug-likeness (QED) is 0.382. The molecule has 4 nitrogen and oxygen atoms in total. The summed E-state index contributed by atoms with van der Waals surface area (Å²) >= 11 is 6.42. The minimum Gasteiger partial charge on any atom is -0.507 e. The summed E-state index contributed by atoms with van der Waals surface area (Å²) in [5.74, 6) is 0.575. The van der Waals surface area contributed by atoms with E-state index < -0.39 is 0 Å². The molecule has 0 spiro atoms. The predicted octanol–water partition coefficient (Wildman–Crippen LogP) is 6.07. The van der Waals surface area contributed by atoms with Crippen LogP contribution in [-0.4, -0.2) is 14.7 Å². The molecule has 0 amide bonds. The zero-order valence-electron chi connectivity index (χ0n) is 16.4. The van der Waals surface area contributed by atoms with Crippen LogP contribution in [0.25, 0.3) is 39.5 Å². The first kappa shape index (κ1) is 19.1. The summed E-state index contributed by atoms with van der Waals surface area (Å²) in [6.45, 7) is 0. The lowest BCUT2D eigenvalue weighted by Crippen LogP contribution is -2.22. The number of nitrogens with zero attached hydrogens (tertiary/aromatic N) is 2. The Balaban J connectivity index is 1.78. The first-order valence-corrected chi connectivity index (χ1v) is 10.2. The summed E-state index contributed by atoms with van der Waals surface area (Å²) in [5, 5.41) is 13.4. The van der Waals surface area contributed by atoms with E-state index in [9.17, 15) is 9.90 Å². The van der Waals surface area contributed by atoms with E-state index in [0.29, 0.717) is 33.0 Å². The molecule has 5 rings (SSSR count). The first-order chi connectivity index (χ1) is 15.1. The normalized spacial score (nSPS) is 11.5. The fourth-order valence-electron chi connectivity index (χ4n) is 3.74. The summed E-state index contributed by atoms with van der Waals surface area (Å²) in [6.07, 6.45) is 3.51. The van der Waals surface area contributed by atoms with E-state index in [1.54, 1.807) is 42.5 Å². The molecule has 0 atom stereocenters. The molecule has 0 bridgehead atoms. The molecule has 0 aliphatic rings. The molecule has 1 aromatic heterocycles. The Morgan fingerprint density at radius 1 is 0.806 bits per heavy atom. The van der Waals surface area contributed by atoms with Gasteiger partial charge in [-0.25, -0.2) is 4.98 Å². The van der Waals surface area contributed by atoms with Crippen molar-refractivity contribution in [2.75, 3.05) is 0 Å². The number of hydrogen-bond donors (Lipinski definition) is 1. The van der Waals surface area contributed by atoms with E-state index in [0.717, 1.165) is 10.8 Å². The summed E-state index contributed by atoms with van der Waals surface area (Å²) in [7, 11) is 0. The van der Waals surface area contributed by atoms with E-state index in [-0.39, 0.29) is 11.3 Å². The number of aromatic nitrogens is 2. The number of phenols is 1. The van der Waals surface area contributed by atoms with Gasteiger partial charge in [-0.05, 0) is 53.3 Å². The van der Waals surface area contributed by atoms with E-state index >= 15 is 0 Å². The van der Waals surface area contributed by atoms with Crippen LogP contribution in [-0.2, 0) is 0 Å². The van der Waals surface area contributed by atoms with Crippen molar-refractivity contribution in [3.05, 3.63) is 112 Å². The molecular weight excluding hydrogens is 408 g/mol. The Bertz CT molecular complexity index is 1540. The van der Waals surface area contributed by atoms with Crippen LogP contribution in [0.4, 0.5) is 0 Å². The van der Waals surface area contributed by atoms with Crippen LogP contribution in [0.5, 0.6) is 5.75 Å². The molecule has 0 radical (unpaired) electrons. The van der Waals surface area contributed by atoms with Gasteiger partial charge >= 0.3 is 0 Å². The van der Waals surface area contributed by atoms with Crippen LogP contribution in [0, 0.1) is 0 Å². The summed E-state index contributed by atoms with van der Waals surface area (Å²) in [6, 6.07) is 25.7. The molecule has 5 aromatic rings. The summed E-state index contributed by atoms with van der Waals surface area (Å²) < 4.78 is 1.50. The second-order valence-electron chi connectivity index (χ2n) is 7.13. The largest absolute Gasteiger partial charge is 0.507 e. The minimum absolute atomic E-state index is 0.155. The minimum atomic E-state index is -0.208. The highest BCUT2D eigenvalue weighted by Gasteiger charge is 2.13. The van der Waals surface area contributed by atoms with E-state index in [1.807, 2.05) is 54.6 Å². The van der Waals surface area contributed by atoms with Gasteiger partial charge in [-0.3, -0.25) is 9.36 Å². The smallest absolute Gasteiger partial charge is 0.266 e. The average Bonchev–Trinajstić information content (AvgIpc) is 2.79. The van der Waals surface area contributed by atoms with E-state index in [2.05, 4.69) is 0 Å². The van der Waals surface area contributed by atoms with Crippen molar-refractivity contribution in [1.82, 2.24) is 9.55 Å². The number of para-hydroxylation sites is 2. The highest BCUT2D eigenvalue weighted by atomic mass is 35.5. The van der Waals surface area contributed by atoms with Crippen molar-refractivity contribution in [2.45, 2.75) is 0 Å². The number of aromatic hydroxyl groups is 1. The third-order valence-electron chi connectivity index (χ3n) is 5.24. The molecule has 5 heteroatoms. The van der Waals surface area contributed by atoms with Gasteiger partial charge in [0.2, 0.25) is 0 Å². The van der Waals surface area contributed by atoms with Gasteiger partial charge in [0.1, 0.15) is 11.6 Å². The lowest BCUT2D eigenvalue weighted by molar-refractivity contribution is 0.475. The fraction of sp³-hybridized carbons (Fsp3) is 0. The molecular formula is C26H17ClN2O2. The summed E-state index contributed by atoms with van der Waals surface area (Å²) in [5.41, 5.74) is 1.60. The van der Waals surface area contributed by atoms with Gasteiger partial charge in [0.05, 0.1) is 21.6 Å². The fourth-order valence-corrected chi connectivity index (χ4v) is 3.96. The van der Waals surface area contributed by atoms with E-state index in [4.69, 9.17) is 16.6 Å². The lowest BCUT2D eigenvalue weighted by Gasteiger charge is -2.13. The highest BCUT2D eigenvalue weighted by Crippen LogP contribution is 2.29. The third kappa shape index (κ3) is 3.37. The molecule has 0 saturated carbocycles. The standard InChI is InChI=1S/C26H17ClN2O2/c27-21-10-4-6-12-23(21)29-25(28-22-11-5-3-9-20(22)26(29)31)16-14-19-18-8-2-1-7-17(18)13-15-24(19)30/h1-16,30H. The lowest BCUT2D eigenvalue weighted by atomic mass is 10.0. The average molecular weight is 425 g/mol. The Morgan fingerprint density at radius 3 is 2.35 bits per heavy atom. The highest BCUT2D eigenvalue weighted by molar-refractivity contribution is 6.32. The van der Waals surface area contributed by atoms with Crippen molar-refractivity contribution in [1.29, 1.82) is 0 Å². The van der Waals surface area contributed by atoms with Crippen LogP contribution >= 0.6 is 11.6 Å². The topological polar surface area (TPSA) is 55.1 Å². The number of phenolic OH excluding ortho intramolecular Hbond substituents is 1. The van der Waals surface area contributed by atoms with Gasteiger partial charge in [0.25, 0.3) is 5.56 Å². The van der Waals surface area contributed by atoms with Crippen molar-refractivity contribution in [3.63, 3.8) is 0 Å². The number of halogens is 1. The molecule has 1 N–H and O–H groups in total. The van der Waals surface area contributed by atoms with Crippen LogP contribution in [0.2, 0.25) is 5.02 Å². The van der Waals surface area contributed by atoms with E-state index in [1.165, 1.54) is 4.57 Å². The molecule has 0 aliphatic carbocycles. The van der Waals surface area contributed by atoms with Gasteiger partial charge in [0, 0.05) is 5.56 Å². The van der Waals surface area contributed by atoms with Gasteiger partial charge < -0.3 is 5.11 Å². The third-order valence-corrected chi connectivity index (χ3v) is 5.56. The van der Waals surface area contributed by atoms with Crippen LogP contribution in [0.15, 0.2) is 89.7 Å². The Kier molecular flexibility index (Phi) is 4.77. The molecule has 0 unspecified atom stereocenters. The monoisotopic (exact) mass is 424 g/mol. The SMILES string of the molecule is O=c1c2ccccc2nc(C=Cc2c(O)ccc3ccccc23)n1-c1ccccc1Cl. The zero-order valence-corrected chi connectivity index (χ0v) is 17.1. The second-order valence-corrected chi connectivity index (χ2v) is 7.54. The number of benzene rings is 4. The predicted molar refractivity (Wildman–Crippen MR) is 127 cm³/mol. The molecule has 0 saturated heterocycles. The molecule has 1 heterocycles. The van der Waals surface area contributed by atoms with Crippen molar-refractivity contribution in [2.24, 2.45) is 0 Å². The first-order valence-electron chi connectivity index (χ1n) is 9.79. The summed E-state index contributed by atoms with van der Waals surface area (Å²) in [4.78, 5) is 18.1. The van der Waals surface area contributed by atoms with Gasteiger partial charge in [-0.1, -0.05) is 66.2 Å². The maximum Gasteiger partial charge on any atom is 0.266 e. The van der Waals surface area contributed by atoms with Crippen LogP contribution in [0.3, 0.4) is 0 Å². The second kappa shape index (κ2) is 7.74. The van der Waals surface area contributed by atoms with Gasteiger partial charge in [0.15, 0.2) is 0 Å². The maximum absolute atomic E-state index is 13.4. The molecule has 31 heavy (non-hydrogen) atoms. The number of fused-ring (bicyclic) bond motifs is 2. The van der Waals surface area contributed by atoms with Crippen molar-refractivity contribution >= 4 is 45.4 Å². The Morgan fingerprint density at radius 2 is 1.52 bits per heavy atom. The van der Waals surface area contributed by atoms with Gasteiger partial charge in [-0.2, -0.15) is 0 Å². The van der Waals surface area contributed by atoms with Gasteiger partial charge in [-0.15, -0.1) is 0 Å². The molecule has 0 aliphatic heterocycles. The molecule has 0 fully saturated rings. The Hall–Kier alpha value is -3.89. The van der Waals surface area contributed by atoms with Crippen LogP contribution < -0.4 is 5.56 Å². The van der Waals surface area contributed by atoms with Crippen LogP contribution in [0.1, 0.15) is 11.4 Å².